The van der Waals surface area contributed by atoms with Crippen molar-refractivity contribution in [3.05, 3.63) is 51.8 Å². The molecule has 1 heterocycles. The Morgan fingerprint density at radius 3 is 2.75 bits per heavy atom. The van der Waals surface area contributed by atoms with Crippen LogP contribution in [-0.4, -0.2) is 6.79 Å². The molecule has 0 fully saturated rings. The van der Waals surface area contributed by atoms with Crippen molar-refractivity contribution in [3.63, 3.8) is 0 Å². The van der Waals surface area contributed by atoms with Crippen molar-refractivity contribution in [1.82, 2.24) is 0 Å². The van der Waals surface area contributed by atoms with Crippen molar-refractivity contribution >= 4 is 28.9 Å². The van der Waals surface area contributed by atoms with Crippen LogP contribution in [0.5, 0.6) is 11.5 Å². The maximum absolute atomic E-state index is 13.1. The highest BCUT2D eigenvalue weighted by molar-refractivity contribution is 6.32. The van der Waals surface area contributed by atoms with E-state index in [1.165, 1.54) is 12.1 Å². The van der Waals surface area contributed by atoms with Gasteiger partial charge in [0, 0.05) is 12.2 Å². The third-order valence-corrected chi connectivity index (χ3v) is 3.47. The Balaban J connectivity index is 1.75. The monoisotopic (exact) mass is 313 g/mol. The van der Waals surface area contributed by atoms with Gasteiger partial charge < -0.3 is 14.8 Å². The lowest BCUT2D eigenvalue weighted by molar-refractivity contribution is 0.174. The van der Waals surface area contributed by atoms with Crippen molar-refractivity contribution in [2.45, 2.75) is 6.54 Å². The number of halogens is 3. The summed E-state index contributed by atoms with van der Waals surface area (Å²) < 4.78 is 23.6. The molecule has 0 spiro atoms. The normalized spacial score (nSPS) is 12.6. The minimum Gasteiger partial charge on any atom is -0.454 e. The molecule has 104 valence electrons. The lowest BCUT2D eigenvalue weighted by atomic mass is 10.2. The molecule has 2 aromatic rings. The number of anilines is 1. The summed E-state index contributed by atoms with van der Waals surface area (Å²) in [6, 6.07) is 8.12. The van der Waals surface area contributed by atoms with Crippen LogP contribution in [0.4, 0.5) is 10.1 Å². The van der Waals surface area contributed by atoms with Gasteiger partial charge in [0.2, 0.25) is 6.79 Å². The molecule has 3 nitrogen and oxygen atoms in total. The largest absolute Gasteiger partial charge is 0.454 e. The van der Waals surface area contributed by atoms with Gasteiger partial charge >= 0.3 is 0 Å². The van der Waals surface area contributed by atoms with Gasteiger partial charge in [-0.05, 0) is 35.9 Å². The quantitative estimate of drug-likeness (QED) is 0.906. The first-order chi connectivity index (χ1) is 9.63. The lowest BCUT2D eigenvalue weighted by Gasteiger charge is -2.09. The third kappa shape index (κ3) is 2.62. The highest BCUT2D eigenvalue weighted by Crippen LogP contribution is 2.39. The van der Waals surface area contributed by atoms with E-state index in [9.17, 15) is 4.39 Å². The molecule has 0 radical (unpaired) electrons. The number of hydrogen-bond acceptors (Lipinski definition) is 3. The van der Waals surface area contributed by atoms with E-state index in [0.29, 0.717) is 23.1 Å². The van der Waals surface area contributed by atoms with Gasteiger partial charge in [-0.15, -0.1) is 0 Å². The van der Waals surface area contributed by atoms with Crippen molar-refractivity contribution in [1.29, 1.82) is 0 Å². The van der Waals surface area contributed by atoms with Gasteiger partial charge in [0.15, 0.2) is 11.5 Å². The van der Waals surface area contributed by atoms with Crippen molar-refractivity contribution in [3.8, 4) is 11.5 Å². The Bertz CT molecular complexity index is 664. The van der Waals surface area contributed by atoms with Crippen LogP contribution in [-0.2, 0) is 6.54 Å². The molecule has 1 aliphatic heterocycles. The van der Waals surface area contributed by atoms with Gasteiger partial charge in [-0.1, -0.05) is 23.2 Å². The molecule has 2 aromatic carbocycles. The van der Waals surface area contributed by atoms with E-state index >= 15 is 0 Å². The van der Waals surface area contributed by atoms with Crippen LogP contribution in [0.25, 0.3) is 0 Å². The Hall–Kier alpha value is -1.65. The maximum atomic E-state index is 13.1. The first-order valence-electron chi connectivity index (χ1n) is 5.90. The second kappa shape index (κ2) is 5.38. The zero-order valence-electron chi connectivity index (χ0n) is 10.3. The first kappa shape index (κ1) is 13.3. The molecule has 0 bridgehead atoms. The van der Waals surface area contributed by atoms with Crippen molar-refractivity contribution < 1.29 is 13.9 Å². The summed E-state index contributed by atoms with van der Waals surface area (Å²) in [5.41, 5.74) is 1.66. The minimum atomic E-state index is -0.441. The first-order valence-corrected chi connectivity index (χ1v) is 6.66. The highest BCUT2D eigenvalue weighted by atomic mass is 35.5. The number of fused-ring (bicyclic) bond motifs is 1. The van der Waals surface area contributed by atoms with Crippen LogP contribution in [0, 0.1) is 5.82 Å². The van der Waals surface area contributed by atoms with Gasteiger partial charge in [-0.2, -0.15) is 0 Å². The zero-order chi connectivity index (χ0) is 14.1. The molecule has 0 saturated heterocycles. The molecule has 3 rings (SSSR count). The predicted octanol–water partition coefficient (Wildman–Crippen LogP) is 4.47. The molecular formula is C14H10Cl2FNO2. The van der Waals surface area contributed by atoms with Crippen LogP contribution in [0.2, 0.25) is 10.0 Å². The Morgan fingerprint density at radius 2 is 1.95 bits per heavy atom. The predicted molar refractivity (Wildman–Crippen MR) is 76.3 cm³/mol. The highest BCUT2D eigenvalue weighted by Gasteiger charge is 2.18. The molecule has 0 amide bonds. The van der Waals surface area contributed by atoms with Gasteiger partial charge in [0.25, 0.3) is 0 Å². The smallest absolute Gasteiger partial charge is 0.231 e. The van der Waals surface area contributed by atoms with E-state index in [2.05, 4.69) is 5.32 Å². The molecule has 0 unspecified atom stereocenters. The summed E-state index contributed by atoms with van der Waals surface area (Å²) in [6.07, 6.45) is 0. The summed E-state index contributed by atoms with van der Waals surface area (Å²) in [5.74, 6) is 0.759. The summed E-state index contributed by atoms with van der Waals surface area (Å²) in [6.45, 7) is 0.692. The van der Waals surface area contributed by atoms with Crippen LogP contribution in [0.1, 0.15) is 5.56 Å². The van der Waals surface area contributed by atoms with E-state index in [1.54, 1.807) is 12.1 Å². The topological polar surface area (TPSA) is 30.5 Å². The number of ether oxygens (including phenoxy) is 2. The fourth-order valence-corrected chi connectivity index (χ4v) is 2.40. The molecule has 0 atom stereocenters. The van der Waals surface area contributed by atoms with Gasteiger partial charge in [-0.25, -0.2) is 4.39 Å². The van der Waals surface area contributed by atoms with Gasteiger partial charge in [0.1, 0.15) is 5.82 Å². The maximum Gasteiger partial charge on any atom is 0.231 e. The zero-order valence-corrected chi connectivity index (χ0v) is 11.8. The molecule has 6 heteroatoms. The van der Waals surface area contributed by atoms with E-state index in [4.69, 9.17) is 32.7 Å². The van der Waals surface area contributed by atoms with E-state index in [0.717, 1.165) is 11.3 Å². The number of hydrogen-bond donors (Lipinski definition) is 1. The fraction of sp³-hybridized carbons (Fsp3) is 0.143. The van der Waals surface area contributed by atoms with Gasteiger partial charge in [0.05, 0.1) is 10.0 Å². The van der Waals surface area contributed by atoms with Crippen molar-refractivity contribution in [2.24, 2.45) is 0 Å². The molecule has 0 saturated carbocycles. The fourth-order valence-electron chi connectivity index (χ4n) is 1.93. The molecule has 20 heavy (non-hydrogen) atoms. The molecule has 1 aliphatic rings. The summed E-state index contributed by atoms with van der Waals surface area (Å²) in [5, 5.41) is 3.73. The molecule has 0 aromatic heterocycles. The van der Waals surface area contributed by atoms with E-state index in [-0.39, 0.29) is 11.8 Å². The lowest BCUT2D eigenvalue weighted by Crippen LogP contribution is -1.99. The van der Waals surface area contributed by atoms with Crippen LogP contribution < -0.4 is 14.8 Å². The van der Waals surface area contributed by atoms with Crippen molar-refractivity contribution in [2.75, 3.05) is 12.1 Å². The summed E-state index contributed by atoms with van der Waals surface area (Å²) >= 11 is 11.8. The molecule has 0 aliphatic carbocycles. The third-order valence-electron chi connectivity index (χ3n) is 2.90. The second-order valence-corrected chi connectivity index (χ2v) is 5.11. The SMILES string of the molecule is Fc1ccc(NCc2cc(Cl)c3c(c2)OCO3)cc1Cl. The van der Waals surface area contributed by atoms with Gasteiger partial charge in [-0.3, -0.25) is 0 Å². The number of rotatable bonds is 3. The van der Waals surface area contributed by atoms with Crippen LogP contribution >= 0.6 is 23.2 Å². The van der Waals surface area contributed by atoms with E-state index in [1.807, 2.05) is 6.07 Å². The summed E-state index contributed by atoms with van der Waals surface area (Å²) in [4.78, 5) is 0. The number of nitrogens with one attached hydrogen (secondary N) is 1. The summed E-state index contributed by atoms with van der Waals surface area (Å²) in [7, 11) is 0. The van der Waals surface area contributed by atoms with E-state index < -0.39 is 5.82 Å². The minimum absolute atomic E-state index is 0.0821. The average Bonchev–Trinajstić information content (AvgIpc) is 2.89. The standard InChI is InChI=1S/C14H10Cl2FNO2/c15-10-5-9(1-2-12(10)17)18-6-8-3-11(16)14-13(4-8)19-7-20-14/h1-5,18H,6-7H2. The van der Waals surface area contributed by atoms with Crippen LogP contribution in [0.15, 0.2) is 30.3 Å². The molecule has 1 N–H and O–H groups in total. The number of benzene rings is 2. The van der Waals surface area contributed by atoms with Crippen LogP contribution in [0.3, 0.4) is 0 Å². The Morgan fingerprint density at radius 1 is 1.10 bits per heavy atom. The second-order valence-electron chi connectivity index (χ2n) is 4.29. The molecular weight excluding hydrogens is 304 g/mol. The Labute approximate surface area is 125 Å². The Kier molecular flexibility index (Phi) is 3.59. The average molecular weight is 314 g/mol.